The van der Waals surface area contributed by atoms with Gasteiger partial charge in [-0.05, 0) is 25.8 Å². The van der Waals surface area contributed by atoms with Crippen molar-refractivity contribution >= 4 is 11.7 Å². The van der Waals surface area contributed by atoms with Gasteiger partial charge in [0.25, 0.3) is 0 Å². The fraction of sp³-hybridized carbons (Fsp3) is 0.500. The Kier molecular flexibility index (Phi) is 5.37. The molecule has 1 saturated heterocycles. The van der Waals surface area contributed by atoms with E-state index in [0.29, 0.717) is 43.8 Å². The number of amides is 1. The SMILES string of the molecule is Cc1nc(NCCNC(=O)C2CCOCC2)cc(-n2cccn2)n1. The van der Waals surface area contributed by atoms with Crippen LogP contribution in [0.25, 0.3) is 5.82 Å². The number of hydrogen-bond donors (Lipinski definition) is 2. The second-order valence-electron chi connectivity index (χ2n) is 5.71. The summed E-state index contributed by atoms with van der Waals surface area (Å²) >= 11 is 0. The summed E-state index contributed by atoms with van der Waals surface area (Å²) in [7, 11) is 0. The molecule has 0 radical (unpaired) electrons. The van der Waals surface area contributed by atoms with Crippen molar-refractivity contribution < 1.29 is 9.53 Å². The number of carbonyl (C=O) groups excluding carboxylic acids is 1. The van der Waals surface area contributed by atoms with Gasteiger partial charge in [0.1, 0.15) is 11.6 Å². The Hall–Kier alpha value is -2.48. The molecule has 2 N–H and O–H groups in total. The fourth-order valence-electron chi connectivity index (χ4n) is 2.64. The molecule has 0 aliphatic carbocycles. The van der Waals surface area contributed by atoms with Gasteiger partial charge in [-0.1, -0.05) is 0 Å². The van der Waals surface area contributed by atoms with Gasteiger partial charge in [-0.2, -0.15) is 5.10 Å². The van der Waals surface area contributed by atoms with Crippen LogP contribution in [0.5, 0.6) is 0 Å². The summed E-state index contributed by atoms with van der Waals surface area (Å²) in [6.07, 6.45) is 5.14. The molecule has 3 heterocycles. The van der Waals surface area contributed by atoms with E-state index in [1.807, 2.05) is 25.3 Å². The molecular weight excluding hydrogens is 308 g/mol. The van der Waals surface area contributed by atoms with Crippen LogP contribution in [0.2, 0.25) is 0 Å². The highest BCUT2D eigenvalue weighted by molar-refractivity contribution is 5.78. The van der Waals surface area contributed by atoms with Crippen LogP contribution in [0.3, 0.4) is 0 Å². The van der Waals surface area contributed by atoms with E-state index in [1.165, 1.54) is 0 Å². The third kappa shape index (κ3) is 4.29. The summed E-state index contributed by atoms with van der Waals surface area (Å²) in [5.41, 5.74) is 0. The largest absolute Gasteiger partial charge is 0.381 e. The lowest BCUT2D eigenvalue weighted by molar-refractivity contribution is -0.127. The van der Waals surface area contributed by atoms with Gasteiger partial charge < -0.3 is 15.4 Å². The van der Waals surface area contributed by atoms with Crippen LogP contribution >= 0.6 is 0 Å². The van der Waals surface area contributed by atoms with Gasteiger partial charge >= 0.3 is 0 Å². The van der Waals surface area contributed by atoms with Crippen LogP contribution in [-0.2, 0) is 9.53 Å². The zero-order chi connectivity index (χ0) is 16.8. The molecule has 24 heavy (non-hydrogen) atoms. The molecule has 1 amide bonds. The third-order valence-electron chi connectivity index (χ3n) is 3.89. The van der Waals surface area contributed by atoms with Gasteiger partial charge in [-0.3, -0.25) is 4.79 Å². The van der Waals surface area contributed by atoms with Crippen molar-refractivity contribution in [3.05, 3.63) is 30.4 Å². The molecule has 3 rings (SSSR count). The lowest BCUT2D eigenvalue weighted by atomic mass is 9.99. The lowest BCUT2D eigenvalue weighted by Gasteiger charge is -2.21. The van der Waals surface area contributed by atoms with E-state index in [-0.39, 0.29) is 11.8 Å². The highest BCUT2D eigenvalue weighted by Gasteiger charge is 2.20. The molecule has 128 valence electrons. The zero-order valence-electron chi connectivity index (χ0n) is 13.7. The Morgan fingerprint density at radius 2 is 2.17 bits per heavy atom. The number of rotatable bonds is 6. The second kappa shape index (κ2) is 7.87. The van der Waals surface area contributed by atoms with E-state index in [9.17, 15) is 4.79 Å². The van der Waals surface area contributed by atoms with Crippen molar-refractivity contribution in [2.24, 2.45) is 5.92 Å². The minimum absolute atomic E-state index is 0.0754. The lowest BCUT2D eigenvalue weighted by Crippen LogP contribution is -2.36. The van der Waals surface area contributed by atoms with Crippen LogP contribution < -0.4 is 10.6 Å². The van der Waals surface area contributed by atoms with Gasteiger partial charge in [-0.25, -0.2) is 14.6 Å². The highest BCUT2D eigenvalue weighted by Crippen LogP contribution is 2.14. The highest BCUT2D eigenvalue weighted by atomic mass is 16.5. The summed E-state index contributed by atoms with van der Waals surface area (Å²) < 4.78 is 6.96. The van der Waals surface area contributed by atoms with E-state index >= 15 is 0 Å². The minimum Gasteiger partial charge on any atom is -0.381 e. The van der Waals surface area contributed by atoms with Crippen LogP contribution in [0.1, 0.15) is 18.7 Å². The first-order valence-electron chi connectivity index (χ1n) is 8.17. The van der Waals surface area contributed by atoms with Crippen LogP contribution in [-0.4, -0.2) is 52.0 Å². The topological polar surface area (TPSA) is 94.0 Å². The molecule has 2 aromatic rings. The van der Waals surface area contributed by atoms with Gasteiger partial charge in [0.05, 0.1) is 0 Å². The molecule has 0 aromatic carbocycles. The molecule has 0 atom stereocenters. The predicted molar refractivity (Wildman–Crippen MR) is 88.9 cm³/mol. The average molecular weight is 330 g/mol. The zero-order valence-corrected chi connectivity index (χ0v) is 13.7. The number of nitrogens with zero attached hydrogens (tertiary/aromatic N) is 4. The van der Waals surface area contributed by atoms with Crippen LogP contribution in [0.4, 0.5) is 5.82 Å². The predicted octanol–water partition coefficient (Wildman–Crippen LogP) is 0.925. The Labute approximate surface area is 140 Å². The Bertz CT molecular complexity index is 667. The monoisotopic (exact) mass is 330 g/mol. The minimum atomic E-state index is 0.0754. The van der Waals surface area contributed by atoms with Gasteiger partial charge in [0.15, 0.2) is 5.82 Å². The molecule has 0 spiro atoms. The number of carbonyl (C=O) groups is 1. The maximum atomic E-state index is 12.0. The number of ether oxygens (including phenoxy) is 1. The van der Waals surface area contributed by atoms with Gasteiger partial charge in [0, 0.05) is 50.7 Å². The molecule has 0 bridgehead atoms. The van der Waals surface area contributed by atoms with E-state index < -0.39 is 0 Å². The summed E-state index contributed by atoms with van der Waals surface area (Å²) in [6.45, 7) is 4.34. The standard InChI is InChI=1S/C16H22N6O2/c1-12-20-14(11-15(21-12)22-8-2-5-19-22)17-6-7-18-16(23)13-3-9-24-10-4-13/h2,5,8,11,13H,3-4,6-7,9-10H2,1H3,(H,18,23)(H,17,20,21). The summed E-state index contributed by atoms with van der Waals surface area (Å²) in [5, 5.41) is 10.3. The number of anilines is 1. The fourth-order valence-corrected chi connectivity index (χ4v) is 2.64. The van der Waals surface area contributed by atoms with E-state index in [2.05, 4.69) is 25.7 Å². The maximum absolute atomic E-state index is 12.0. The molecule has 0 saturated carbocycles. The molecular formula is C16H22N6O2. The summed E-state index contributed by atoms with van der Waals surface area (Å²) in [5.74, 6) is 2.27. The Morgan fingerprint density at radius 3 is 2.92 bits per heavy atom. The summed E-state index contributed by atoms with van der Waals surface area (Å²) in [4.78, 5) is 20.8. The second-order valence-corrected chi connectivity index (χ2v) is 5.71. The van der Waals surface area contributed by atoms with E-state index in [0.717, 1.165) is 12.8 Å². The normalized spacial score (nSPS) is 15.2. The first-order valence-corrected chi connectivity index (χ1v) is 8.17. The van der Waals surface area contributed by atoms with Gasteiger partial charge in [0.2, 0.25) is 5.91 Å². The Morgan fingerprint density at radius 1 is 1.33 bits per heavy atom. The van der Waals surface area contributed by atoms with E-state index in [1.54, 1.807) is 10.9 Å². The first-order chi connectivity index (χ1) is 11.7. The Balaban J connectivity index is 1.49. The average Bonchev–Trinajstić information content (AvgIpc) is 3.13. The molecule has 8 heteroatoms. The maximum Gasteiger partial charge on any atom is 0.223 e. The molecule has 2 aromatic heterocycles. The van der Waals surface area contributed by atoms with Crippen molar-refractivity contribution in [1.29, 1.82) is 0 Å². The molecule has 8 nitrogen and oxygen atoms in total. The first kappa shape index (κ1) is 16.4. The number of nitrogens with one attached hydrogen (secondary N) is 2. The molecule has 0 unspecified atom stereocenters. The van der Waals surface area contributed by atoms with Crippen molar-refractivity contribution in [3.8, 4) is 5.82 Å². The number of aromatic nitrogens is 4. The third-order valence-corrected chi connectivity index (χ3v) is 3.89. The molecule has 1 aliphatic rings. The van der Waals surface area contributed by atoms with Crippen molar-refractivity contribution in [1.82, 2.24) is 25.1 Å². The number of hydrogen-bond acceptors (Lipinski definition) is 6. The van der Waals surface area contributed by atoms with Crippen LogP contribution in [0.15, 0.2) is 24.5 Å². The molecule has 1 fully saturated rings. The van der Waals surface area contributed by atoms with Crippen molar-refractivity contribution in [2.45, 2.75) is 19.8 Å². The molecule has 1 aliphatic heterocycles. The van der Waals surface area contributed by atoms with Gasteiger partial charge in [-0.15, -0.1) is 0 Å². The smallest absolute Gasteiger partial charge is 0.223 e. The summed E-state index contributed by atoms with van der Waals surface area (Å²) in [6, 6.07) is 3.68. The van der Waals surface area contributed by atoms with E-state index in [4.69, 9.17) is 4.74 Å². The van der Waals surface area contributed by atoms with Crippen molar-refractivity contribution in [3.63, 3.8) is 0 Å². The van der Waals surface area contributed by atoms with Crippen LogP contribution in [0, 0.1) is 12.8 Å². The number of aryl methyl sites for hydroxylation is 1. The quantitative estimate of drug-likeness (QED) is 0.765. The van der Waals surface area contributed by atoms with Crippen molar-refractivity contribution in [2.75, 3.05) is 31.6 Å².